The van der Waals surface area contributed by atoms with Gasteiger partial charge >= 0.3 is 5.97 Å². The topological polar surface area (TPSA) is 94.8 Å². The third-order valence-corrected chi connectivity index (χ3v) is 4.81. The van der Waals surface area contributed by atoms with Crippen LogP contribution in [0.4, 0.5) is 5.69 Å². The van der Waals surface area contributed by atoms with Gasteiger partial charge in [-0.3, -0.25) is 9.20 Å². The van der Waals surface area contributed by atoms with Gasteiger partial charge in [-0.1, -0.05) is 41.9 Å². The molecule has 2 heterocycles. The number of nitrogens with one attached hydrogen (secondary N) is 1. The van der Waals surface area contributed by atoms with Gasteiger partial charge < -0.3 is 14.8 Å². The van der Waals surface area contributed by atoms with Crippen molar-refractivity contribution in [3.63, 3.8) is 0 Å². The van der Waals surface area contributed by atoms with Gasteiger partial charge in [0.2, 0.25) is 6.10 Å². The minimum absolute atomic E-state index is 0.258. The van der Waals surface area contributed by atoms with E-state index in [0.29, 0.717) is 27.7 Å². The molecule has 0 fully saturated rings. The van der Waals surface area contributed by atoms with Gasteiger partial charge in [-0.2, -0.15) is 0 Å². The molecule has 0 saturated carbocycles. The van der Waals surface area contributed by atoms with Crippen LogP contribution in [0.25, 0.3) is 5.65 Å². The molecule has 9 heteroatoms. The van der Waals surface area contributed by atoms with Crippen LogP contribution in [0, 0.1) is 0 Å². The number of carbonyl (C=O) groups excluding carboxylic acids is 2. The lowest BCUT2D eigenvalue weighted by molar-refractivity contribution is -0.125. The molecule has 1 unspecified atom stereocenters. The van der Waals surface area contributed by atoms with Crippen LogP contribution in [0.1, 0.15) is 22.0 Å². The molecule has 156 valence electrons. The van der Waals surface area contributed by atoms with Crippen molar-refractivity contribution in [1.82, 2.24) is 14.6 Å². The van der Waals surface area contributed by atoms with Crippen molar-refractivity contribution in [2.45, 2.75) is 6.10 Å². The Morgan fingerprint density at radius 1 is 1.10 bits per heavy atom. The highest BCUT2D eigenvalue weighted by Gasteiger charge is 2.26. The lowest BCUT2D eigenvalue weighted by Gasteiger charge is -2.18. The molecule has 8 nitrogen and oxygen atoms in total. The van der Waals surface area contributed by atoms with Crippen molar-refractivity contribution in [2.75, 3.05) is 12.4 Å². The minimum atomic E-state index is -1.17. The van der Waals surface area contributed by atoms with E-state index in [-0.39, 0.29) is 5.56 Å². The first-order valence-corrected chi connectivity index (χ1v) is 9.62. The zero-order valence-electron chi connectivity index (χ0n) is 16.4. The summed E-state index contributed by atoms with van der Waals surface area (Å²) < 4.78 is 12.3. The number of nitrogens with zero attached hydrogens (tertiary/aromatic N) is 3. The number of amides is 1. The van der Waals surface area contributed by atoms with Gasteiger partial charge in [0.05, 0.1) is 17.7 Å². The average Bonchev–Trinajstić information content (AvgIpc) is 3.26. The van der Waals surface area contributed by atoms with E-state index in [4.69, 9.17) is 21.1 Å². The molecule has 1 amide bonds. The zero-order valence-corrected chi connectivity index (χ0v) is 17.1. The van der Waals surface area contributed by atoms with Gasteiger partial charge in [-0.05, 0) is 30.3 Å². The molecule has 0 radical (unpaired) electrons. The van der Waals surface area contributed by atoms with Crippen molar-refractivity contribution < 1.29 is 19.1 Å². The fourth-order valence-electron chi connectivity index (χ4n) is 2.98. The number of fused-ring (bicyclic) bond motifs is 1. The average molecular weight is 437 g/mol. The Balaban J connectivity index is 1.58. The third kappa shape index (κ3) is 4.49. The molecule has 0 saturated heterocycles. The first-order valence-electron chi connectivity index (χ1n) is 9.25. The standard InChI is InChI=1S/C22H17ClN4O4/c1-30-18-9-8-16(11-17(18)23)25-21(28)20(14-5-3-2-4-6-14)31-22(29)15-7-10-19-26-24-13-27(19)12-15/h2-13,20H,1H3,(H,25,28). The summed E-state index contributed by atoms with van der Waals surface area (Å²) in [6.07, 6.45) is 1.84. The second kappa shape index (κ2) is 8.85. The van der Waals surface area contributed by atoms with Gasteiger partial charge in [-0.15, -0.1) is 10.2 Å². The summed E-state index contributed by atoms with van der Waals surface area (Å²) in [4.78, 5) is 25.8. The lowest BCUT2D eigenvalue weighted by atomic mass is 10.1. The van der Waals surface area contributed by atoms with E-state index >= 15 is 0 Å². The maximum absolute atomic E-state index is 13.0. The van der Waals surface area contributed by atoms with Crippen molar-refractivity contribution in [2.24, 2.45) is 0 Å². The summed E-state index contributed by atoms with van der Waals surface area (Å²) in [5.41, 5.74) is 1.82. The third-order valence-electron chi connectivity index (χ3n) is 4.51. The Kier molecular flexibility index (Phi) is 5.81. The molecule has 0 bridgehead atoms. The molecule has 0 aliphatic carbocycles. The van der Waals surface area contributed by atoms with Crippen molar-refractivity contribution in [3.05, 3.63) is 89.3 Å². The number of pyridine rings is 1. The van der Waals surface area contributed by atoms with E-state index in [0.717, 1.165) is 0 Å². The first-order chi connectivity index (χ1) is 15.0. The lowest BCUT2D eigenvalue weighted by Crippen LogP contribution is -2.26. The fourth-order valence-corrected chi connectivity index (χ4v) is 3.23. The monoisotopic (exact) mass is 436 g/mol. The van der Waals surface area contributed by atoms with Crippen LogP contribution in [0.2, 0.25) is 5.02 Å². The number of anilines is 1. The number of benzene rings is 2. The number of halogens is 1. The smallest absolute Gasteiger partial charge is 0.340 e. The molecule has 1 N–H and O–H groups in total. The van der Waals surface area contributed by atoms with E-state index in [2.05, 4.69) is 15.5 Å². The summed E-state index contributed by atoms with van der Waals surface area (Å²) >= 11 is 6.14. The maximum Gasteiger partial charge on any atom is 0.340 e. The summed E-state index contributed by atoms with van der Waals surface area (Å²) in [6.45, 7) is 0. The highest BCUT2D eigenvalue weighted by Crippen LogP contribution is 2.28. The van der Waals surface area contributed by atoms with E-state index in [1.54, 1.807) is 65.2 Å². The molecule has 1 atom stereocenters. The number of ether oxygens (including phenoxy) is 2. The van der Waals surface area contributed by atoms with Gasteiger partial charge in [0.25, 0.3) is 5.91 Å². The number of methoxy groups -OCH3 is 1. The Hall–Kier alpha value is -3.91. The number of rotatable bonds is 6. The normalized spacial score (nSPS) is 11.7. The SMILES string of the molecule is COc1ccc(NC(=O)C(OC(=O)c2ccc3nncn3c2)c2ccccc2)cc1Cl. The predicted molar refractivity (Wildman–Crippen MR) is 114 cm³/mol. The first kappa shape index (κ1) is 20.4. The Bertz CT molecular complexity index is 1240. The van der Waals surface area contributed by atoms with E-state index in [1.165, 1.54) is 13.4 Å². The maximum atomic E-state index is 13.0. The highest BCUT2D eigenvalue weighted by atomic mass is 35.5. The molecular weight excluding hydrogens is 420 g/mol. The molecule has 0 aliphatic rings. The largest absolute Gasteiger partial charge is 0.495 e. The Morgan fingerprint density at radius 2 is 1.90 bits per heavy atom. The Labute approximate surface area is 182 Å². The molecule has 0 spiro atoms. The predicted octanol–water partition coefficient (Wildman–Crippen LogP) is 3.93. The molecular formula is C22H17ClN4O4. The van der Waals surface area contributed by atoms with Crippen LogP contribution >= 0.6 is 11.6 Å². The van der Waals surface area contributed by atoms with Gasteiger partial charge in [0, 0.05) is 17.4 Å². The van der Waals surface area contributed by atoms with Crippen molar-refractivity contribution >= 4 is 34.8 Å². The van der Waals surface area contributed by atoms with Crippen molar-refractivity contribution in [3.8, 4) is 5.75 Å². The summed E-state index contributed by atoms with van der Waals surface area (Å²) in [7, 11) is 1.50. The van der Waals surface area contributed by atoms with Crippen LogP contribution in [0.5, 0.6) is 5.75 Å². The van der Waals surface area contributed by atoms with Gasteiger partial charge in [0.1, 0.15) is 12.1 Å². The van der Waals surface area contributed by atoms with Crippen molar-refractivity contribution in [1.29, 1.82) is 0 Å². The molecule has 2 aromatic heterocycles. The molecule has 4 rings (SSSR count). The quantitative estimate of drug-likeness (QED) is 0.460. The van der Waals surface area contributed by atoms with Crippen LogP contribution in [0.3, 0.4) is 0 Å². The van der Waals surface area contributed by atoms with E-state index in [9.17, 15) is 9.59 Å². The van der Waals surface area contributed by atoms with Gasteiger partial charge in [0.15, 0.2) is 5.65 Å². The molecule has 2 aromatic carbocycles. The number of hydrogen-bond acceptors (Lipinski definition) is 6. The van der Waals surface area contributed by atoms with E-state index < -0.39 is 18.0 Å². The second-order valence-electron chi connectivity index (χ2n) is 6.55. The molecule has 4 aromatic rings. The van der Waals surface area contributed by atoms with Gasteiger partial charge in [-0.25, -0.2) is 4.79 Å². The fraction of sp³-hybridized carbons (Fsp3) is 0.0909. The number of hydrogen-bond donors (Lipinski definition) is 1. The minimum Gasteiger partial charge on any atom is -0.495 e. The Morgan fingerprint density at radius 3 is 2.65 bits per heavy atom. The zero-order chi connectivity index (χ0) is 21.8. The summed E-state index contributed by atoms with van der Waals surface area (Å²) in [6, 6.07) is 16.8. The van der Waals surface area contributed by atoms with Crippen LogP contribution in [0.15, 0.2) is 73.2 Å². The summed E-state index contributed by atoms with van der Waals surface area (Å²) in [5, 5.41) is 10.8. The second-order valence-corrected chi connectivity index (χ2v) is 6.96. The molecule has 31 heavy (non-hydrogen) atoms. The molecule has 0 aliphatic heterocycles. The number of aromatic nitrogens is 3. The van der Waals surface area contributed by atoms with E-state index in [1.807, 2.05) is 6.07 Å². The number of carbonyl (C=O) groups is 2. The number of esters is 1. The highest BCUT2D eigenvalue weighted by molar-refractivity contribution is 6.32. The van der Waals surface area contributed by atoms with Crippen LogP contribution < -0.4 is 10.1 Å². The van der Waals surface area contributed by atoms with Crippen LogP contribution in [-0.4, -0.2) is 33.6 Å². The summed E-state index contributed by atoms with van der Waals surface area (Å²) in [5.74, 6) is -0.700. The van der Waals surface area contributed by atoms with Crippen LogP contribution in [-0.2, 0) is 9.53 Å².